The van der Waals surface area contributed by atoms with Crippen molar-refractivity contribution in [2.45, 2.75) is 25.8 Å². The van der Waals surface area contributed by atoms with E-state index in [-0.39, 0.29) is 0 Å². The van der Waals surface area contributed by atoms with Crippen LogP contribution < -0.4 is 5.32 Å². The topological polar surface area (TPSA) is 15.3 Å². The van der Waals surface area contributed by atoms with Crippen LogP contribution in [-0.4, -0.2) is 37.1 Å². The van der Waals surface area contributed by atoms with Crippen LogP contribution >= 0.6 is 11.6 Å². The molecule has 1 aliphatic heterocycles. The molecule has 1 aliphatic rings. The molecule has 17 heavy (non-hydrogen) atoms. The van der Waals surface area contributed by atoms with Gasteiger partial charge in [0.1, 0.15) is 0 Å². The zero-order valence-electron chi connectivity index (χ0n) is 10.6. The molecule has 1 fully saturated rings. The number of nitrogens with zero attached hydrogens (tertiary/aromatic N) is 1. The van der Waals surface area contributed by atoms with Crippen molar-refractivity contribution in [1.82, 2.24) is 10.2 Å². The molecule has 2 rings (SSSR count). The Balaban J connectivity index is 1.98. The lowest BCUT2D eigenvalue weighted by Crippen LogP contribution is -2.50. The van der Waals surface area contributed by atoms with E-state index in [9.17, 15) is 0 Å². The minimum Gasteiger partial charge on any atom is -0.314 e. The van der Waals surface area contributed by atoms with Crippen LogP contribution in [0, 0.1) is 0 Å². The Morgan fingerprint density at radius 2 is 2.35 bits per heavy atom. The van der Waals surface area contributed by atoms with Crippen molar-refractivity contribution >= 4 is 11.6 Å². The average Bonchev–Trinajstić information content (AvgIpc) is 2.32. The fraction of sp³-hybridized carbons (Fsp3) is 0.571. The van der Waals surface area contributed by atoms with Crippen molar-refractivity contribution in [3.05, 3.63) is 34.9 Å². The van der Waals surface area contributed by atoms with Gasteiger partial charge >= 0.3 is 0 Å². The first-order valence-electron chi connectivity index (χ1n) is 6.37. The van der Waals surface area contributed by atoms with Gasteiger partial charge in [0, 0.05) is 37.2 Å². The van der Waals surface area contributed by atoms with E-state index in [1.165, 1.54) is 5.56 Å². The van der Waals surface area contributed by atoms with Gasteiger partial charge in [-0.15, -0.1) is 0 Å². The van der Waals surface area contributed by atoms with Crippen molar-refractivity contribution in [2.75, 3.05) is 26.2 Å². The lowest BCUT2D eigenvalue weighted by atomic mass is 9.99. The second-order valence-corrected chi connectivity index (χ2v) is 5.44. The van der Waals surface area contributed by atoms with Gasteiger partial charge in [-0.2, -0.15) is 0 Å². The van der Waals surface area contributed by atoms with Crippen molar-refractivity contribution in [3.63, 3.8) is 0 Å². The summed E-state index contributed by atoms with van der Waals surface area (Å²) in [6, 6.07) is 8.86. The quantitative estimate of drug-likeness (QED) is 0.890. The highest BCUT2D eigenvalue weighted by Gasteiger charge is 2.20. The van der Waals surface area contributed by atoms with Gasteiger partial charge < -0.3 is 5.32 Å². The first-order valence-corrected chi connectivity index (χ1v) is 6.75. The Kier molecular flexibility index (Phi) is 4.43. The monoisotopic (exact) mass is 252 g/mol. The van der Waals surface area contributed by atoms with Crippen molar-refractivity contribution in [3.8, 4) is 0 Å². The fourth-order valence-corrected chi connectivity index (χ4v) is 2.62. The predicted octanol–water partition coefficient (Wildman–Crippen LogP) is 2.74. The van der Waals surface area contributed by atoms with Crippen molar-refractivity contribution < 1.29 is 0 Å². The molecule has 1 unspecified atom stereocenters. The molecule has 1 aromatic rings. The zero-order valence-corrected chi connectivity index (χ0v) is 11.4. The lowest BCUT2D eigenvalue weighted by molar-refractivity contribution is 0.166. The molecule has 2 atom stereocenters. The molecule has 0 aliphatic carbocycles. The maximum atomic E-state index is 6.04. The maximum absolute atomic E-state index is 6.04. The second kappa shape index (κ2) is 5.85. The van der Waals surface area contributed by atoms with E-state index in [1.54, 1.807) is 0 Å². The largest absolute Gasteiger partial charge is 0.314 e. The summed E-state index contributed by atoms with van der Waals surface area (Å²) >= 11 is 6.04. The van der Waals surface area contributed by atoms with Gasteiger partial charge in [0.25, 0.3) is 0 Å². The molecule has 0 saturated carbocycles. The molecule has 0 bridgehead atoms. The molecule has 0 aromatic heterocycles. The first kappa shape index (κ1) is 12.9. The van der Waals surface area contributed by atoms with E-state index in [0.29, 0.717) is 12.0 Å². The molecular formula is C14H21ClN2. The summed E-state index contributed by atoms with van der Waals surface area (Å²) < 4.78 is 0. The second-order valence-electron chi connectivity index (χ2n) is 5.00. The first-order chi connectivity index (χ1) is 8.16. The van der Waals surface area contributed by atoms with Gasteiger partial charge in [0.15, 0.2) is 0 Å². The van der Waals surface area contributed by atoms with Crippen LogP contribution in [0.4, 0.5) is 0 Å². The molecule has 2 nitrogen and oxygen atoms in total. The van der Waals surface area contributed by atoms with E-state index < -0.39 is 0 Å². The number of benzene rings is 1. The van der Waals surface area contributed by atoms with Gasteiger partial charge in [-0.05, 0) is 30.5 Å². The molecule has 0 spiro atoms. The number of rotatable bonds is 3. The Morgan fingerprint density at radius 1 is 1.53 bits per heavy atom. The fourth-order valence-electron chi connectivity index (χ4n) is 2.42. The molecular weight excluding hydrogens is 232 g/mol. The number of piperazine rings is 1. The SMILES string of the molecule is CC(CN1CCNC[C@@H]1C)c1cccc(Cl)c1. The van der Waals surface area contributed by atoms with Gasteiger partial charge in [0.05, 0.1) is 0 Å². The summed E-state index contributed by atoms with van der Waals surface area (Å²) in [5, 5.41) is 4.26. The molecule has 0 amide bonds. The van der Waals surface area contributed by atoms with E-state index in [0.717, 1.165) is 31.2 Å². The number of halogens is 1. The minimum absolute atomic E-state index is 0.536. The highest BCUT2D eigenvalue weighted by molar-refractivity contribution is 6.30. The summed E-state index contributed by atoms with van der Waals surface area (Å²) in [5.41, 5.74) is 1.34. The lowest BCUT2D eigenvalue weighted by Gasteiger charge is -2.35. The van der Waals surface area contributed by atoms with Crippen LogP contribution in [0.5, 0.6) is 0 Å². The van der Waals surface area contributed by atoms with Crippen molar-refractivity contribution in [2.24, 2.45) is 0 Å². The van der Waals surface area contributed by atoms with Gasteiger partial charge in [-0.3, -0.25) is 4.90 Å². The Morgan fingerprint density at radius 3 is 3.06 bits per heavy atom. The summed E-state index contributed by atoms with van der Waals surface area (Å²) in [5.74, 6) is 0.536. The smallest absolute Gasteiger partial charge is 0.0408 e. The number of hydrogen-bond acceptors (Lipinski definition) is 2. The average molecular weight is 253 g/mol. The molecule has 3 heteroatoms. The van der Waals surface area contributed by atoms with Crippen molar-refractivity contribution in [1.29, 1.82) is 0 Å². The third kappa shape index (κ3) is 3.44. The van der Waals surface area contributed by atoms with Gasteiger partial charge in [0.2, 0.25) is 0 Å². The summed E-state index contributed by atoms with van der Waals surface area (Å²) in [4.78, 5) is 2.56. The molecule has 1 aromatic carbocycles. The van der Waals surface area contributed by atoms with E-state index in [1.807, 2.05) is 12.1 Å². The number of nitrogens with one attached hydrogen (secondary N) is 1. The van der Waals surface area contributed by atoms with Crippen LogP contribution in [0.3, 0.4) is 0 Å². The van der Waals surface area contributed by atoms with E-state index in [2.05, 4.69) is 36.2 Å². The minimum atomic E-state index is 0.536. The zero-order chi connectivity index (χ0) is 12.3. The van der Waals surface area contributed by atoms with Crippen LogP contribution in [0.15, 0.2) is 24.3 Å². The molecule has 1 saturated heterocycles. The Hall–Kier alpha value is -0.570. The van der Waals surface area contributed by atoms with E-state index in [4.69, 9.17) is 11.6 Å². The highest BCUT2D eigenvalue weighted by Crippen LogP contribution is 2.21. The normalized spacial score (nSPS) is 23.6. The van der Waals surface area contributed by atoms with Crippen LogP contribution in [0.1, 0.15) is 25.3 Å². The Bertz CT molecular complexity index is 367. The Labute approximate surface area is 109 Å². The van der Waals surface area contributed by atoms with Crippen LogP contribution in [-0.2, 0) is 0 Å². The molecule has 1 heterocycles. The maximum Gasteiger partial charge on any atom is 0.0408 e. The van der Waals surface area contributed by atoms with Gasteiger partial charge in [-0.25, -0.2) is 0 Å². The van der Waals surface area contributed by atoms with Crippen LogP contribution in [0.25, 0.3) is 0 Å². The summed E-state index contributed by atoms with van der Waals surface area (Å²) in [6.45, 7) is 9.03. The third-order valence-corrected chi connectivity index (χ3v) is 3.80. The molecule has 1 N–H and O–H groups in total. The van der Waals surface area contributed by atoms with Crippen LogP contribution in [0.2, 0.25) is 5.02 Å². The summed E-state index contributed by atoms with van der Waals surface area (Å²) in [6.07, 6.45) is 0. The molecule has 94 valence electrons. The standard InChI is InChI=1S/C14H21ClN2/c1-11(13-4-3-5-14(15)8-13)10-17-7-6-16-9-12(17)2/h3-5,8,11-12,16H,6-7,9-10H2,1-2H3/t11?,12-/m0/s1. The predicted molar refractivity (Wildman–Crippen MR) is 73.8 cm³/mol. The highest BCUT2D eigenvalue weighted by atomic mass is 35.5. The third-order valence-electron chi connectivity index (χ3n) is 3.56. The summed E-state index contributed by atoms with van der Waals surface area (Å²) in [7, 11) is 0. The van der Waals surface area contributed by atoms with Gasteiger partial charge in [-0.1, -0.05) is 30.7 Å². The number of hydrogen-bond donors (Lipinski definition) is 1. The van der Waals surface area contributed by atoms with E-state index >= 15 is 0 Å². The molecule has 0 radical (unpaired) electrons.